The molecule has 0 saturated carbocycles. The lowest BCUT2D eigenvalue weighted by Crippen LogP contribution is -2.35. The van der Waals surface area contributed by atoms with E-state index in [-0.39, 0.29) is 5.91 Å². The molecule has 1 aliphatic rings. The lowest BCUT2D eigenvalue weighted by molar-refractivity contribution is -0.121. The van der Waals surface area contributed by atoms with E-state index in [2.05, 4.69) is 17.6 Å². The Morgan fingerprint density at radius 3 is 3.08 bits per heavy atom. The van der Waals surface area contributed by atoms with Gasteiger partial charge >= 0.3 is 0 Å². The van der Waals surface area contributed by atoms with Gasteiger partial charge in [0.15, 0.2) is 0 Å². The predicted octanol–water partition coefficient (Wildman–Crippen LogP) is 0.655. The molecule has 1 rings (SSSR count). The molecule has 0 aliphatic carbocycles. The van der Waals surface area contributed by atoms with E-state index in [0.717, 1.165) is 32.4 Å². The number of amides is 1. The quantitative estimate of drug-likeness (QED) is 0.650. The normalized spacial score (nSPS) is 22.6. The Labute approximate surface area is 73.9 Å². The predicted molar refractivity (Wildman–Crippen MR) is 48.9 cm³/mol. The van der Waals surface area contributed by atoms with Crippen molar-refractivity contribution in [3.8, 4) is 0 Å². The SMILES string of the molecule is CCCCC(=O)NC1CCNC1. The van der Waals surface area contributed by atoms with Gasteiger partial charge in [-0.15, -0.1) is 0 Å². The van der Waals surface area contributed by atoms with E-state index in [1.54, 1.807) is 0 Å². The summed E-state index contributed by atoms with van der Waals surface area (Å²) in [6.45, 7) is 4.08. The zero-order valence-corrected chi connectivity index (χ0v) is 7.73. The van der Waals surface area contributed by atoms with Gasteiger partial charge < -0.3 is 10.6 Å². The topological polar surface area (TPSA) is 41.1 Å². The van der Waals surface area contributed by atoms with E-state index in [9.17, 15) is 4.79 Å². The van der Waals surface area contributed by atoms with E-state index < -0.39 is 0 Å². The Bertz CT molecular complexity index is 141. The molecule has 12 heavy (non-hydrogen) atoms. The number of carbonyl (C=O) groups excluding carboxylic acids is 1. The summed E-state index contributed by atoms with van der Waals surface area (Å²) >= 11 is 0. The average Bonchev–Trinajstić information content (AvgIpc) is 2.53. The molecule has 3 nitrogen and oxygen atoms in total. The highest BCUT2D eigenvalue weighted by Gasteiger charge is 2.15. The first-order valence-electron chi connectivity index (χ1n) is 4.83. The minimum absolute atomic E-state index is 0.213. The van der Waals surface area contributed by atoms with Crippen LogP contribution in [0.3, 0.4) is 0 Å². The van der Waals surface area contributed by atoms with Crippen molar-refractivity contribution in [1.29, 1.82) is 0 Å². The van der Waals surface area contributed by atoms with Gasteiger partial charge in [-0.05, 0) is 19.4 Å². The van der Waals surface area contributed by atoms with Gasteiger partial charge in [0.2, 0.25) is 5.91 Å². The first-order valence-corrected chi connectivity index (χ1v) is 4.83. The van der Waals surface area contributed by atoms with Gasteiger partial charge in [0.1, 0.15) is 0 Å². The van der Waals surface area contributed by atoms with Crippen molar-refractivity contribution < 1.29 is 4.79 Å². The van der Waals surface area contributed by atoms with Crippen LogP contribution >= 0.6 is 0 Å². The maximum Gasteiger partial charge on any atom is 0.220 e. The van der Waals surface area contributed by atoms with Gasteiger partial charge in [0.05, 0.1) is 0 Å². The van der Waals surface area contributed by atoms with Gasteiger partial charge in [0, 0.05) is 19.0 Å². The van der Waals surface area contributed by atoms with Crippen molar-refractivity contribution in [2.75, 3.05) is 13.1 Å². The molecule has 0 aromatic heterocycles. The van der Waals surface area contributed by atoms with Gasteiger partial charge in [-0.2, -0.15) is 0 Å². The fraction of sp³-hybridized carbons (Fsp3) is 0.889. The number of rotatable bonds is 4. The maximum absolute atomic E-state index is 11.2. The summed E-state index contributed by atoms with van der Waals surface area (Å²) in [5, 5.41) is 6.23. The summed E-state index contributed by atoms with van der Waals surface area (Å²) in [4.78, 5) is 11.2. The molecule has 2 N–H and O–H groups in total. The molecule has 0 radical (unpaired) electrons. The second-order valence-electron chi connectivity index (χ2n) is 3.36. The van der Waals surface area contributed by atoms with Crippen LogP contribution in [0.1, 0.15) is 32.6 Å². The fourth-order valence-corrected chi connectivity index (χ4v) is 1.42. The largest absolute Gasteiger partial charge is 0.352 e. The number of carbonyl (C=O) groups is 1. The molecule has 1 heterocycles. The smallest absolute Gasteiger partial charge is 0.220 e. The van der Waals surface area contributed by atoms with Crippen molar-refractivity contribution in [2.24, 2.45) is 0 Å². The van der Waals surface area contributed by atoms with Crippen molar-refractivity contribution in [2.45, 2.75) is 38.6 Å². The summed E-state index contributed by atoms with van der Waals surface area (Å²) < 4.78 is 0. The summed E-state index contributed by atoms with van der Waals surface area (Å²) in [6.07, 6.45) is 3.87. The Morgan fingerprint density at radius 1 is 1.67 bits per heavy atom. The standard InChI is InChI=1S/C9H18N2O/c1-2-3-4-9(12)11-8-5-6-10-7-8/h8,10H,2-7H2,1H3,(H,11,12). The first kappa shape index (κ1) is 9.52. The van der Waals surface area contributed by atoms with Crippen LogP contribution in [0.25, 0.3) is 0 Å². The number of hydrogen-bond donors (Lipinski definition) is 2. The van der Waals surface area contributed by atoms with Crippen LogP contribution < -0.4 is 10.6 Å². The van der Waals surface area contributed by atoms with Crippen molar-refractivity contribution >= 4 is 5.91 Å². The van der Waals surface area contributed by atoms with Gasteiger partial charge in [-0.25, -0.2) is 0 Å². The van der Waals surface area contributed by atoms with Crippen LogP contribution in [-0.4, -0.2) is 25.0 Å². The number of hydrogen-bond acceptors (Lipinski definition) is 2. The molecule has 1 unspecified atom stereocenters. The average molecular weight is 170 g/mol. The minimum atomic E-state index is 0.213. The summed E-state index contributed by atoms with van der Waals surface area (Å²) in [5.41, 5.74) is 0. The number of nitrogens with one attached hydrogen (secondary N) is 2. The van der Waals surface area contributed by atoms with Crippen LogP contribution in [0.2, 0.25) is 0 Å². The Hall–Kier alpha value is -0.570. The molecule has 0 aromatic rings. The van der Waals surface area contributed by atoms with Gasteiger partial charge in [-0.1, -0.05) is 13.3 Å². The highest BCUT2D eigenvalue weighted by atomic mass is 16.1. The van der Waals surface area contributed by atoms with Crippen molar-refractivity contribution in [3.63, 3.8) is 0 Å². The van der Waals surface area contributed by atoms with E-state index in [4.69, 9.17) is 0 Å². The molecule has 0 aromatic carbocycles. The zero-order valence-electron chi connectivity index (χ0n) is 7.73. The van der Waals surface area contributed by atoms with Crippen molar-refractivity contribution in [3.05, 3.63) is 0 Å². The fourth-order valence-electron chi connectivity index (χ4n) is 1.42. The Balaban J connectivity index is 2.08. The van der Waals surface area contributed by atoms with Gasteiger partial charge in [-0.3, -0.25) is 4.79 Å². The highest BCUT2D eigenvalue weighted by Crippen LogP contribution is 1.99. The lowest BCUT2D eigenvalue weighted by Gasteiger charge is -2.10. The molecule has 1 atom stereocenters. The molecule has 1 fully saturated rings. The Kier molecular flexibility index (Phi) is 4.08. The van der Waals surface area contributed by atoms with Crippen LogP contribution in [0.4, 0.5) is 0 Å². The maximum atomic E-state index is 11.2. The van der Waals surface area contributed by atoms with Crippen LogP contribution in [0, 0.1) is 0 Å². The molecule has 0 spiro atoms. The first-order chi connectivity index (χ1) is 5.83. The monoisotopic (exact) mass is 170 g/mol. The molecular formula is C9H18N2O. The molecule has 0 bridgehead atoms. The van der Waals surface area contributed by atoms with E-state index in [0.29, 0.717) is 12.5 Å². The molecule has 3 heteroatoms. The van der Waals surface area contributed by atoms with Gasteiger partial charge in [0.25, 0.3) is 0 Å². The third-order valence-corrected chi connectivity index (χ3v) is 2.18. The van der Waals surface area contributed by atoms with Crippen molar-refractivity contribution in [1.82, 2.24) is 10.6 Å². The molecule has 1 amide bonds. The second-order valence-corrected chi connectivity index (χ2v) is 3.36. The molecule has 70 valence electrons. The third kappa shape index (κ3) is 3.22. The summed E-state index contributed by atoms with van der Waals surface area (Å²) in [7, 11) is 0. The molecule has 1 saturated heterocycles. The molecular weight excluding hydrogens is 152 g/mol. The number of unbranched alkanes of at least 4 members (excludes halogenated alkanes) is 1. The van der Waals surface area contributed by atoms with E-state index in [1.807, 2.05) is 0 Å². The lowest BCUT2D eigenvalue weighted by atomic mass is 10.2. The Morgan fingerprint density at radius 2 is 2.50 bits per heavy atom. The highest BCUT2D eigenvalue weighted by molar-refractivity contribution is 5.76. The van der Waals surface area contributed by atoms with Crippen LogP contribution in [0.15, 0.2) is 0 Å². The van der Waals surface area contributed by atoms with E-state index in [1.165, 1.54) is 0 Å². The molecule has 1 aliphatic heterocycles. The summed E-state index contributed by atoms with van der Waals surface area (Å²) in [6, 6.07) is 0.384. The second kappa shape index (κ2) is 5.14. The third-order valence-electron chi connectivity index (χ3n) is 2.18. The van der Waals surface area contributed by atoms with Crippen LogP contribution in [-0.2, 0) is 4.79 Å². The zero-order chi connectivity index (χ0) is 8.81. The van der Waals surface area contributed by atoms with E-state index >= 15 is 0 Å². The minimum Gasteiger partial charge on any atom is -0.352 e. The van der Waals surface area contributed by atoms with Crippen LogP contribution in [0.5, 0.6) is 0 Å². The summed E-state index contributed by atoms with van der Waals surface area (Å²) in [5.74, 6) is 0.213.